The van der Waals surface area contributed by atoms with Gasteiger partial charge in [-0.3, -0.25) is 4.79 Å². The van der Waals surface area contributed by atoms with Crippen molar-refractivity contribution in [2.75, 3.05) is 13.2 Å². The number of hydrogen-bond acceptors (Lipinski definition) is 4. The molecule has 0 saturated heterocycles. The van der Waals surface area contributed by atoms with Crippen LogP contribution >= 0.6 is 0 Å². The predicted molar refractivity (Wildman–Crippen MR) is 109 cm³/mol. The van der Waals surface area contributed by atoms with Crippen molar-refractivity contribution in [2.24, 2.45) is 0 Å². The lowest BCUT2D eigenvalue weighted by Crippen LogP contribution is -2.29. The van der Waals surface area contributed by atoms with E-state index in [-0.39, 0.29) is 24.9 Å². The standard InChI is InChI=1S/C23H25FN2O3/c1-3-17-4-8-19(9-5-17)23-26-21(16(2)29-23)14-28-15-22(27)25-13-12-18-6-10-20(24)11-7-18/h4-11H,3,12-15H2,1-2H3,(H,25,27). The molecule has 0 aliphatic carbocycles. The largest absolute Gasteiger partial charge is 0.441 e. The summed E-state index contributed by atoms with van der Waals surface area (Å²) in [5.41, 5.74) is 3.81. The smallest absolute Gasteiger partial charge is 0.246 e. The van der Waals surface area contributed by atoms with Crippen molar-refractivity contribution < 1.29 is 18.3 Å². The number of ether oxygens (including phenoxy) is 1. The first kappa shape index (κ1) is 20.7. The summed E-state index contributed by atoms with van der Waals surface area (Å²) >= 11 is 0. The van der Waals surface area contributed by atoms with Gasteiger partial charge in [0.1, 0.15) is 23.9 Å². The van der Waals surface area contributed by atoms with Crippen LogP contribution in [0.5, 0.6) is 0 Å². The summed E-state index contributed by atoms with van der Waals surface area (Å²) in [7, 11) is 0. The zero-order valence-electron chi connectivity index (χ0n) is 16.7. The zero-order valence-corrected chi connectivity index (χ0v) is 16.7. The molecular formula is C23H25FN2O3. The number of nitrogens with one attached hydrogen (secondary N) is 1. The Kier molecular flexibility index (Phi) is 7.14. The Morgan fingerprint density at radius 1 is 1.10 bits per heavy atom. The number of hydrogen-bond donors (Lipinski definition) is 1. The first-order chi connectivity index (χ1) is 14.0. The Hall–Kier alpha value is -2.99. The topological polar surface area (TPSA) is 64.4 Å². The maximum Gasteiger partial charge on any atom is 0.246 e. The minimum atomic E-state index is -0.268. The van der Waals surface area contributed by atoms with Crippen LogP contribution in [0.4, 0.5) is 4.39 Å². The highest BCUT2D eigenvalue weighted by molar-refractivity contribution is 5.77. The van der Waals surface area contributed by atoms with E-state index in [1.165, 1.54) is 17.7 Å². The van der Waals surface area contributed by atoms with Gasteiger partial charge in [-0.25, -0.2) is 9.37 Å². The van der Waals surface area contributed by atoms with Gasteiger partial charge in [0.2, 0.25) is 11.8 Å². The number of benzene rings is 2. The summed E-state index contributed by atoms with van der Waals surface area (Å²) in [5, 5.41) is 2.79. The summed E-state index contributed by atoms with van der Waals surface area (Å²) in [6, 6.07) is 14.3. The first-order valence-corrected chi connectivity index (χ1v) is 9.69. The van der Waals surface area contributed by atoms with E-state index in [1.54, 1.807) is 12.1 Å². The summed E-state index contributed by atoms with van der Waals surface area (Å²) in [6.07, 6.45) is 1.62. The highest BCUT2D eigenvalue weighted by Crippen LogP contribution is 2.22. The van der Waals surface area contributed by atoms with Gasteiger partial charge < -0.3 is 14.5 Å². The molecule has 0 aliphatic rings. The van der Waals surface area contributed by atoms with Crippen molar-refractivity contribution >= 4 is 5.91 Å². The van der Waals surface area contributed by atoms with Gasteiger partial charge in [-0.05, 0) is 55.2 Å². The lowest BCUT2D eigenvalue weighted by molar-refractivity contribution is -0.126. The monoisotopic (exact) mass is 396 g/mol. The van der Waals surface area contributed by atoms with Gasteiger partial charge in [-0.2, -0.15) is 0 Å². The van der Waals surface area contributed by atoms with Crippen LogP contribution in [-0.2, 0) is 29.0 Å². The fourth-order valence-corrected chi connectivity index (χ4v) is 2.86. The third-order valence-electron chi connectivity index (χ3n) is 4.62. The molecule has 0 fully saturated rings. The molecule has 29 heavy (non-hydrogen) atoms. The molecule has 0 saturated carbocycles. The molecule has 1 heterocycles. The second-order valence-corrected chi connectivity index (χ2v) is 6.79. The average Bonchev–Trinajstić information content (AvgIpc) is 3.10. The second-order valence-electron chi connectivity index (χ2n) is 6.79. The predicted octanol–water partition coefficient (Wildman–Crippen LogP) is 4.23. The molecule has 0 spiro atoms. The maximum atomic E-state index is 12.9. The molecule has 1 N–H and O–H groups in total. The highest BCUT2D eigenvalue weighted by Gasteiger charge is 2.12. The number of carbonyl (C=O) groups excluding carboxylic acids is 1. The summed E-state index contributed by atoms with van der Waals surface area (Å²) in [5.74, 6) is 0.753. The number of rotatable bonds is 9. The zero-order chi connectivity index (χ0) is 20.6. The van der Waals surface area contributed by atoms with Crippen LogP contribution in [0, 0.1) is 12.7 Å². The molecule has 2 aromatic carbocycles. The molecule has 3 aromatic rings. The van der Waals surface area contributed by atoms with E-state index in [0.717, 1.165) is 17.5 Å². The van der Waals surface area contributed by atoms with Crippen LogP contribution in [-0.4, -0.2) is 24.0 Å². The van der Waals surface area contributed by atoms with Crippen molar-refractivity contribution in [3.63, 3.8) is 0 Å². The molecule has 5 nitrogen and oxygen atoms in total. The fraction of sp³-hybridized carbons (Fsp3) is 0.304. The minimum Gasteiger partial charge on any atom is -0.441 e. The van der Waals surface area contributed by atoms with Crippen LogP contribution < -0.4 is 5.32 Å². The van der Waals surface area contributed by atoms with Crippen LogP contribution in [0.1, 0.15) is 29.5 Å². The van der Waals surface area contributed by atoms with Gasteiger partial charge in [0.25, 0.3) is 0 Å². The summed E-state index contributed by atoms with van der Waals surface area (Å²) < 4.78 is 24.1. The van der Waals surface area contributed by atoms with E-state index in [1.807, 2.05) is 19.1 Å². The van der Waals surface area contributed by atoms with Gasteiger partial charge in [-0.1, -0.05) is 31.2 Å². The van der Waals surface area contributed by atoms with Crippen LogP contribution in [0.3, 0.4) is 0 Å². The molecule has 0 bridgehead atoms. The van der Waals surface area contributed by atoms with Gasteiger partial charge in [0.05, 0.1) is 6.61 Å². The Morgan fingerprint density at radius 2 is 1.79 bits per heavy atom. The first-order valence-electron chi connectivity index (χ1n) is 9.69. The number of amides is 1. The van der Waals surface area contributed by atoms with Crippen LogP contribution in [0.15, 0.2) is 52.9 Å². The van der Waals surface area contributed by atoms with Gasteiger partial charge >= 0.3 is 0 Å². The van der Waals surface area contributed by atoms with Crippen molar-refractivity contribution in [3.8, 4) is 11.5 Å². The Bertz CT molecular complexity index is 934. The molecule has 3 rings (SSSR count). The third-order valence-corrected chi connectivity index (χ3v) is 4.62. The average molecular weight is 396 g/mol. The number of carbonyl (C=O) groups is 1. The molecule has 1 aromatic heterocycles. The lowest BCUT2D eigenvalue weighted by atomic mass is 10.1. The number of nitrogens with zero attached hydrogens (tertiary/aromatic N) is 1. The SMILES string of the molecule is CCc1ccc(-c2nc(COCC(=O)NCCc3ccc(F)cc3)c(C)o2)cc1. The summed E-state index contributed by atoms with van der Waals surface area (Å²) in [4.78, 5) is 16.4. The third kappa shape index (κ3) is 5.99. The minimum absolute atomic E-state index is 0.0593. The number of halogens is 1. The molecule has 152 valence electrons. The van der Waals surface area contributed by atoms with E-state index < -0.39 is 0 Å². The van der Waals surface area contributed by atoms with Gasteiger partial charge in [0, 0.05) is 12.1 Å². The molecule has 0 aliphatic heterocycles. The maximum absolute atomic E-state index is 12.9. The summed E-state index contributed by atoms with van der Waals surface area (Å²) in [6.45, 7) is 4.55. The van der Waals surface area contributed by atoms with Crippen LogP contribution in [0.2, 0.25) is 0 Å². The Balaban J connectivity index is 1.43. The molecular weight excluding hydrogens is 371 g/mol. The van der Waals surface area contributed by atoms with E-state index >= 15 is 0 Å². The number of aryl methyl sites for hydroxylation is 2. The van der Waals surface area contributed by atoms with Crippen molar-refractivity contribution in [1.82, 2.24) is 10.3 Å². The number of oxazole rings is 1. The molecule has 6 heteroatoms. The normalized spacial score (nSPS) is 10.9. The van der Waals surface area contributed by atoms with E-state index in [4.69, 9.17) is 9.15 Å². The van der Waals surface area contributed by atoms with Gasteiger partial charge in [0.15, 0.2) is 0 Å². The Labute approximate surface area is 169 Å². The van der Waals surface area contributed by atoms with Crippen molar-refractivity contribution in [2.45, 2.75) is 33.3 Å². The fourth-order valence-electron chi connectivity index (χ4n) is 2.86. The highest BCUT2D eigenvalue weighted by atomic mass is 19.1. The molecule has 0 atom stereocenters. The molecule has 0 radical (unpaired) electrons. The van der Waals surface area contributed by atoms with Crippen LogP contribution in [0.25, 0.3) is 11.5 Å². The van der Waals surface area contributed by atoms with E-state index in [0.29, 0.717) is 30.3 Å². The second kappa shape index (κ2) is 9.98. The van der Waals surface area contributed by atoms with Gasteiger partial charge in [-0.15, -0.1) is 0 Å². The lowest BCUT2D eigenvalue weighted by Gasteiger charge is -2.06. The van der Waals surface area contributed by atoms with E-state index in [9.17, 15) is 9.18 Å². The van der Waals surface area contributed by atoms with Crippen molar-refractivity contribution in [3.05, 3.63) is 76.9 Å². The molecule has 1 amide bonds. The number of aromatic nitrogens is 1. The molecule has 0 unspecified atom stereocenters. The Morgan fingerprint density at radius 3 is 2.48 bits per heavy atom. The van der Waals surface area contributed by atoms with E-state index in [2.05, 4.69) is 29.4 Å². The quantitative estimate of drug-likeness (QED) is 0.588. The van der Waals surface area contributed by atoms with Crippen molar-refractivity contribution in [1.29, 1.82) is 0 Å².